The first-order valence-corrected chi connectivity index (χ1v) is 9.77. The summed E-state index contributed by atoms with van der Waals surface area (Å²) in [7, 11) is -2.59. The Morgan fingerprint density at radius 2 is 2.08 bits per heavy atom. The Labute approximate surface area is 153 Å². The molecule has 1 aromatic carbocycles. The number of sulfonamides is 1. The summed E-state index contributed by atoms with van der Waals surface area (Å²) in [4.78, 5) is 14.2. The molecule has 2 rings (SSSR count). The first-order chi connectivity index (χ1) is 12.3. The van der Waals surface area contributed by atoms with Crippen LogP contribution in [0.25, 0.3) is 0 Å². The molecule has 1 amide bonds. The third-order valence-corrected chi connectivity index (χ3v) is 6.25. The maximum absolute atomic E-state index is 12.6. The molecule has 1 aliphatic rings. The van der Waals surface area contributed by atoms with Gasteiger partial charge in [0, 0.05) is 38.2 Å². The molecule has 0 unspecified atom stereocenters. The van der Waals surface area contributed by atoms with Crippen molar-refractivity contribution in [2.75, 3.05) is 33.3 Å². The van der Waals surface area contributed by atoms with Crippen LogP contribution in [-0.4, -0.2) is 73.1 Å². The van der Waals surface area contributed by atoms with Crippen molar-refractivity contribution in [1.29, 1.82) is 5.26 Å². The number of piperidine rings is 1. The number of likely N-dealkylation sites (tertiary alicyclic amines) is 1. The van der Waals surface area contributed by atoms with Crippen LogP contribution in [-0.2, 0) is 10.0 Å². The normalized spacial score (nSPS) is 17.1. The lowest BCUT2D eigenvalue weighted by atomic mass is 9.98. The van der Waals surface area contributed by atoms with E-state index in [1.54, 1.807) is 11.0 Å². The zero-order valence-electron chi connectivity index (χ0n) is 14.6. The van der Waals surface area contributed by atoms with Crippen LogP contribution in [0.3, 0.4) is 0 Å². The number of rotatable bonds is 6. The number of hydrogen-bond acceptors (Lipinski definition) is 6. The van der Waals surface area contributed by atoms with Crippen LogP contribution < -0.4 is 0 Å². The molecular formula is C17H23N3O5S. The number of aliphatic hydroxyl groups is 2. The van der Waals surface area contributed by atoms with Crippen LogP contribution in [0, 0.1) is 17.2 Å². The van der Waals surface area contributed by atoms with Crippen molar-refractivity contribution in [1.82, 2.24) is 9.21 Å². The van der Waals surface area contributed by atoms with E-state index in [9.17, 15) is 18.3 Å². The predicted octanol–water partition coefficient (Wildman–Crippen LogP) is 0.0361. The summed E-state index contributed by atoms with van der Waals surface area (Å²) < 4.78 is 26.1. The number of nitrogens with zero attached hydrogens (tertiary/aromatic N) is 3. The molecule has 1 heterocycles. The highest BCUT2D eigenvalue weighted by molar-refractivity contribution is 7.89. The topological polar surface area (TPSA) is 122 Å². The molecule has 1 aromatic rings. The summed E-state index contributed by atoms with van der Waals surface area (Å²) in [6.07, 6.45) is 0.0466. The Kier molecular flexibility index (Phi) is 6.72. The van der Waals surface area contributed by atoms with Crippen molar-refractivity contribution in [2.24, 2.45) is 5.92 Å². The van der Waals surface area contributed by atoms with E-state index in [-0.39, 0.29) is 28.8 Å². The summed E-state index contributed by atoms with van der Waals surface area (Å²) in [5, 5.41) is 27.3. The van der Waals surface area contributed by atoms with Crippen molar-refractivity contribution in [3.8, 4) is 6.07 Å². The van der Waals surface area contributed by atoms with Gasteiger partial charge in [-0.1, -0.05) is 6.07 Å². The van der Waals surface area contributed by atoms with E-state index in [4.69, 9.17) is 10.4 Å². The molecular weight excluding hydrogens is 358 g/mol. The number of benzene rings is 1. The molecule has 1 fully saturated rings. The summed E-state index contributed by atoms with van der Waals surface area (Å²) in [6, 6.07) is 7.96. The summed E-state index contributed by atoms with van der Waals surface area (Å²) in [5.41, 5.74) is 0.262. The third-order valence-electron chi connectivity index (χ3n) is 4.43. The van der Waals surface area contributed by atoms with Crippen molar-refractivity contribution in [3.63, 3.8) is 0 Å². The van der Waals surface area contributed by atoms with Gasteiger partial charge >= 0.3 is 0 Å². The molecule has 0 aromatic heterocycles. The van der Waals surface area contributed by atoms with Crippen molar-refractivity contribution in [3.05, 3.63) is 29.8 Å². The zero-order chi connectivity index (χ0) is 19.3. The Hall–Kier alpha value is -1.99. The molecule has 9 heteroatoms. The zero-order valence-corrected chi connectivity index (χ0v) is 15.4. The fraction of sp³-hybridized carbons (Fsp3) is 0.529. The summed E-state index contributed by atoms with van der Waals surface area (Å²) >= 11 is 0. The molecule has 0 spiro atoms. The first-order valence-electron chi connectivity index (χ1n) is 8.33. The van der Waals surface area contributed by atoms with Gasteiger partial charge in [-0.15, -0.1) is 0 Å². The summed E-state index contributed by atoms with van der Waals surface area (Å²) in [5.74, 6) is -0.311. The van der Waals surface area contributed by atoms with Gasteiger partial charge in [0.2, 0.25) is 10.0 Å². The van der Waals surface area contributed by atoms with Gasteiger partial charge in [-0.3, -0.25) is 4.79 Å². The van der Waals surface area contributed by atoms with Gasteiger partial charge in [0.15, 0.2) is 0 Å². The molecule has 1 aliphatic heterocycles. The smallest absolute Gasteiger partial charge is 0.253 e. The van der Waals surface area contributed by atoms with E-state index < -0.39 is 22.7 Å². The van der Waals surface area contributed by atoms with Crippen molar-refractivity contribution in [2.45, 2.75) is 23.8 Å². The summed E-state index contributed by atoms with van der Waals surface area (Å²) in [6.45, 7) is 0.142. The standard InChI is InChI=1S/C17H23N3O5S/c1-19(11-15(22)12-21)26(24,25)16-4-2-3-14(9-16)17(23)20-7-5-13(10-18)6-8-20/h2-4,9,13,15,21-22H,5-8,11-12H2,1H3/t15-/m0/s1. The fourth-order valence-electron chi connectivity index (χ4n) is 2.82. The number of aliphatic hydroxyl groups excluding tert-OH is 2. The minimum absolute atomic E-state index is 0.0441. The number of nitriles is 1. The van der Waals surface area contributed by atoms with Gasteiger partial charge < -0.3 is 15.1 Å². The number of likely N-dealkylation sites (N-methyl/N-ethyl adjacent to an activating group) is 1. The van der Waals surface area contributed by atoms with Crippen LogP contribution in [0.4, 0.5) is 0 Å². The lowest BCUT2D eigenvalue weighted by Gasteiger charge is -2.29. The molecule has 1 atom stereocenters. The van der Waals surface area contributed by atoms with Gasteiger partial charge in [-0.2, -0.15) is 9.57 Å². The van der Waals surface area contributed by atoms with Gasteiger partial charge in [0.05, 0.1) is 23.7 Å². The molecule has 0 radical (unpaired) electrons. The minimum Gasteiger partial charge on any atom is -0.394 e. The van der Waals surface area contributed by atoms with Crippen LogP contribution in [0.5, 0.6) is 0 Å². The van der Waals surface area contributed by atoms with E-state index >= 15 is 0 Å². The second-order valence-corrected chi connectivity index (χ2v) is 8.39. The SMILES string of the molecule is CN(C[C@H](O)CO)S(=O)(=O)c1cccc(C(=O)N2CCC(C#N)CC2)c1. The Morgan fingerprint density at radius 1 is 1.42 bits per heavy atom. The second kappa shape index (κ2) is 8.60. The number of carbonyl (C=O) groups is 1. The van der Waals surface area contributed by atoms with Crippen molar-refractivity contribution >= 4 is 15.9 Å². The molecule has 142 valence electrons. The van der Waals surface area contributed by atoms with Gasteiger partial charge in [-0.05, 0) is 31.0 Å². The van der Waals surface area contributed by atoms with E-state index in [1.807, 2.05) is 0 Å². The molecule has 0 bridgehead atoms. The maximum Gasteiger partial charge on any atom is 0.253 e. The Morgan fingerprint density at radius 3 is 2.65 bits per heavy atom. The molecule has 8 nitrogen and oxygen atoms in total. The van der Waals surface area contributed by atoms with E-state index in [1.165, 1.54) is 25.2 Å². The number of carbonyl (C=O) groups excluding carboxylic acids is 1. The number of amides is 1. The quantitative estimate of drug-likeness (QED) is 0.717. The number of hydrogen-bond donors (Lipinski definition) is 2. The molecule has 2 N–H and O–H groups in total. The van der Waals surface area contributed by atoms with Crippen LogP contribution in [0.15, 0.2) is 29.2 Å². The van der Waals surface area contributed by atoms with E-state index in [0.717, 1.165) is 4.31 Å². The lowest BCUT2D eigenvalue weighted by Crippen LogP contribution is -2.38. The second-order valence-electron chi connectivity index (χ2n) is 6.35. The maximum atomic E-state index is 12.6. The van der Waals surface area contributed by atoms with Gasteiger partial charge in [0.25, 0.3) is 5.91 Å². The van der Waals surface area contributed by atoms with Crippen LogP contribution in [0.1, 0.15) is 23.2 Å². The lowest BCUT2D eigenvalue weighted by molar-refractivity contribution is 0.0707. The monoisotopic (exact) mass is 381 g/mol. The van der Waals surface area contributed by atoms with E-state index in [0.29, 0.717) is 25.9 Å². The average Bonchev–Trinajstić information content (AvgIpc) is 2.67. The average molecular weight is 381 g/mol. The minimum atomic E-state index is -3.90. The third kappa shape index (κ3) is 4.59. The molecule has 26 heavy (non-hydrogen) atoms. The largest absolute Gasteiger partial charge is 0.394 e. The highest BCUT2D eigenvalue weighted by Gasteiger charge is 2.26. The Balaban J connectivity index is 2.17. The van der Waals surface area contributed by atoms with Crippen molar-refractivity contribution < 1.29 is 23.4 Å². The molecule has 1 saturated heterocycles. The van der Waals surface area contributed by atoms with Crippen LogP contribution in [0.2, 0.25) is 0 Å². The highest BCUT2D eigenvalue weighted by Crippen LogP contribution is 2.21. The van der Waals surface area contributed by atoms with Gasteiger partial charge in [0.1, 0.15) is 0 Å². The van der Waals surface area contributed by atoms with Crippen LogP contribution >= 0.6 is 0 Å². The Bertz CT molecular complexity index is 782. The predicted molar refractivity (Wildman–Crippen MR) is 93.6 cm³/mol. The van der Waals surface area contributed by atoms with E-state index in [2.05, 4.69) is 6.07 Å². The van der Waals surface area contributed by atoms with Gasteiger partial charge in [-0.25, -0.2) is 8.42 Å². The fourth-order valence-corrected chi connectivity index (χ4v) is 4.07. The molecule has 0 aliphatic carbocycles. The highest BCUT2D eigenvalue weighted by atomic mass is 32.2. The molecule has 0 saturated carbocycles. The first kappa shape index (κ1) is 20.3.